The molecule has 4 atom stereocenters. The van der Waals surface area contributed by atoms with Crippen LogP contribution in [-0.4, -0.2) is 44.4 Å². The molecular formula is C12H20O4. The van der Waals surface area contributed by atoms with Crippen LogP contribution >= 0.6 is 0 Å². The summed E-state index contributed by atoms with van der Waals surface area (Å²) in [6.45, 7) is 1.61. The van der Waals surface area contributed by atoms with E-state index < -0.39 is 5.79 Å². The Morgan fingerprint density at radius 3 is 2.88 bits per heavy atom. The zero-order valence-corrected chi connectivity index (χ0v) is 9.81. The third-order valence-electron chi connectivity index (χ3n) is 4.00. The van der Waals surface area contributed by atoms with Crippen molar-refractivity contribution in [3.63, 3.8) is 0 Å². The molecule has 0 aromatic rings. The topological polar surface area (TPSA) is 36.9 Å². The Balaban J connectivity index is 1.79. The summed E-state index contributed by atoms with van der Waals surface area (Å²) in [5.41, 5.74) is 0. The van der Waals surface area contributed by atoms with Gasteiger partial charge in [-0.05, 0) is 25.7 Å². The molecule has 4 nitrogen and oxygen atoms in total. The van der Waals surface area contributed by atoms with E-state index in [0.29, 0.717) is 0 Å². The van der Waals surface area contributed by atoms with E-state index in [9.17, 15) is 0 Å². The average molecular weight is 228 g/mol. The quantitative estimate of drug-likeness (QED) is 0.681. The van der Waals surface area contributed by atoms with Gasteiger partial charge in [0.1, 0.15) is 6.10 Å². The first-order valence-corrected chi connectivity index (χ1v) is 6.30. The zero-order valence-electron chi connectivity index (χ0n) is 9.81. The summed E-state index contributed by atoms with van der Waals surface area (Å²) in [7, 11) is 1.71. The molecule has 92 valence electrons. The van der Waals surface area contributed by atoms with Gasteiger partial charge >= 0.3 is 0 Å². The van der Waals surface area contributed by atoms with Crippen molar-refractivity contribution in [3.8, 4) is 0 Å². The maximum atomic E-state index is 6.11. The van der Waals surface area contributed by atoms with E-state index in [1.165, 1.54) is 0 Å². The van der Waals surface area contributed by atoms with Crippen LogP contribution in [0, 0.1) is 0 Å². The molecule has 0 N–H and O–H groups in total. The van der Waals surface area contributed by atoms with Crippen molar-refractivity contribution in [1.82, 2.24) is 0 Å². The van der Waals surface area contributed by atoms with Crippen molar-refractivity contribution in [2.75, 3.05) is 20.3 Å². The molecule has 3 aliphatic rings. The Morgan fingerprint density at radius 2 is 2.00 bits per heavy atom. The number of ether oxygens (including phenoxy) is 4. The highest BCUT2D eigenvalue weighted by Crippen LogP contribution is 2.41. The molecule has 0 unspecified atom stereocenters. The zero-order chi connectivity index (χ0) is 11.0. The van der Waals surface area contributed by atoms with Crippen LogP contribution in [0.2, 0.25) is 0 Å². The van der Waals surface area contributed by atoms with Crippen LogP contribution in [0.25, 0.3) is 0 Å². The summed E-state index contributed by atoms with van der Waals surface area (Å²) in [4.78, 5) is 0. The summed E-state index contributed by atoms with van der Waals surface area (Å²) in [5.74, 6) is -0.545. The highest BCUT2D eigenvalue weighted by molar-refractivity contribution is 4.95. The molecule has 0 aliphatic carbocycles. The molecule has 0 radical (unpaired) electrons. The fourth-order valence-electron chi connectivity index (χ4n) is 3.11. The van der Waals surface area contributed by atoms with Crippen LogP contribution in [-0.2, 0) is 18.9 Å². The number of rotatable bonds is 1. The first-order chi connectivity index (χ1) is 7.84. The minimum absolute atomic E-state index is 0.0919. The van der Waals surface area contributed by atoms with Crippen molar-refractivity contribution in [3.05, 3.63) is 0 Å². The molecule has 0 amide bonds. The van der Waals surface area contributed by atoms with Gasteiger partial charge in [-0.25, -0.2) is 0 Å². The molecule has 0 spiro atoms. The smallest absolute Gasteiger partial charge is 0.197 e. The molecule has 0 aromatic heterocycles. The maximum Gasteiger partial charge on any atom is 0.197 e. The first kappa shape index (κ1) is 11.0. The molecule has 3 aliphatic heterocycles. The van der Waals surface area contributed by atoms with Gasteiger partial charge in [0, 0.05) is 20.1 Å². The average Bonchev–Trinajstić information content (AvgIpc) is 2.36. The predicted molar refractivity (Wildman–Crippen MR) is 57.2 cm³/mol. The second kappa shape index (κ2) is 4.26. The van der Waals surface area contributed by atoms with Crippen molar-refractivity contribution >= 4 is 0 Å². The largest absolute Gasteiger partial charge is 0.375 e. The van der Waals surface area contributed by atoms with E-state index in [4.69, 9.17) is 18.9 Å². The summed E-state index contributed by atoms with van der Waals surface area (Å²) in [6, 6.07) is 0. The molecule has 0 saturated carbocycles. The van der Waals surface area contributed by atoms with E-state index in [1.807, 2.05) is 0 Å². The third kappa shape index (κ3) is 1.68. The van der Waals surface area contributed by atoms with Crippen molar-refractivity contribution in [1.29, 1.82) is 0 Å². The minimum atomic E-state index is -0.545. The molecule has 3 heterocycles. The van der Waals surface area contributed by atoms with Crippen LogP contribution in [0.15, 0.2) is 0 Å². The van der Waals surface area contributed by atoms with Crippen molar-refractivity contribution in [2.24, 2.45) is 0 Å². The van der Waals surface area contributed by atoms with Crippen LogP contribution in [0.4, 0.5) is 0 Å². The third-order valence-corrected chi connectivity index (χ3v) is 4.00. The number of methoxy groups -OCH3 is 1. The van der Waals surface area contributed by atoms with Crippen LogP contribution in [0.5, 0.6) is 0 Å². The lowest BCUT2D eigenvalue weighted by Gasteiger charge is -2.51. The number of fused-ring (bicyclic) bond motifs is 2. The van der Waals surface area contributed by atoms with Gasteiger partial charge in [-0.15, -0.1) is 0 Å². The molecule has 4 heteroatoms. The van der Waals surface area contributed by atoms with Crippen LogP contribution in [0.3, 0.4) is 0 Å². The molecule has 3 saturated heterocycles. The Kier molecular flexibility index (Phi) is 2.92. The second-order valence-corrected chi connectivity index (χ2v) is 4.93. The van der Waals surface area contributed by atoms with E-state index in [1.54, 1.807) is 7.11 Å². The van der Waals surface area contributed by atoms with Crippen LogP contribution < -0.4 is 0 Å². The monoisotopic (exact) mass is 228 g/mol. The molecule has 16 heavy (non-hydrogen) atoms. The van der Waals surface area contributed by atoms with Gasteiger partial charge in [-0.3, -0.25) is 0 Å². The second-order valence-electron chi connectivity index (χ2n) is 4.93. The highest BCUT2D eigenvalue weighted by atomic mass is 16.7. The first-order valence-electron chi connectivity index (χ1n) is 6.30. The number of hydrogen-bond donors (Lipinski definition) is 0. The molecule has 0 aromatic carbocycles. The molecule has 3 fully saturated rings. The fraction of sp³-hybridized carbons (Fsp3) is 1.00. The maximum absolute atomic E-state index is 6.11. The van der Waals surface area contributed by atoms with E-state index in [2.05, 4.69) is 0 Å². The van der Waals surface area contributed by atoms with E-state index in [0.717, 1.165) is 45.3 Å². The lowest BCUT2D eigenvalue weighted by Crippen LogP contribution is -2.61. The normalized spacial score (nSPS) is 48.2. The Bertz CT molecular complexity index is 257. The standard InChI is InChI=1S/C12H20O4/c1-13-12-8-10-9(4-2-6-14-10)16-11(12)5-3-7-15-12/h9-11H,2-8H2,1H3/t9-,10+,11+,12-/m1/s1. The highest BCUT2D eigenvalue weighted by Gasteiger charge is 2.52. The summed E-state index contributed by atoms with van der Waals surface area (Å²) < 4.78 is 23.3. The lowest BCUT2D eigenvalue weighted by atomic mass is 9.87. The Morgan fingerprint density at radius 1 is 1.12 bits per heavy atom. The van der Waals surface area contributed by atoms with Crippen molar-refractivity contribution in [2.45, 2.75) is 56.2 Å². The van der Waals surface area contributed by atoms with E-state index in [-0.39, 0.29) is 18.3 Å². The fourth-order valence-corrected chi connectivity index (χ4v) is 3.11. The van der Waals surface area contributed by atoms with E-state index >= 15 is 0 Å². The van der Waals surface area contributed by atoms with Gasteiger partial charge in [0.2, 0.25) is 0 Å². The predicted octanol–water partition coefficient (Wildman–Crippen LogP) is 1.48. The van der Waals surface area contributed by atoms with Gasteiger partial charge in [0.25, 0.3) is 0 Å². The Labute approximate surface area is 96.2 Å². The minimum Gasteiger partial charge on any atom is -0.375 e. The van der Waals surface area contributed by atoms with Crippen molar-refractivity contribution < 1.29 is 18.9 Å². The molecule has 0 bridgehead atoms. The van der Waals surface area contributed by atoms with Gasteiger partial charge < -0.3 is 18.9 Å². The lowest BCUT2D eigenvalue weighted by molar-refractivity contribution is -0.354. The summed E-state index contributed by atoms with van der Waals surface area (Å²) in [6.07, 6.45) is 5.64. The summed E-state index contributed by atoms with van der Waals surface area (Å²) in [5, 5.41) is 0. The van der Waals surface area contributed by atoms with Crippen LogP contribution in [0.1, 0.15) is 32.1 Å². The number of hydrogen-bond acceptors (Lipinski definition) is 4. The summed E-state index contributed by atoms with van der Waals surface area (Å²) >= 11 is 0. The van der Waals surface area contributed by atoms with Gasteiger partial charge in [-0.1, -0.05) is 0 Å². The molecule has 3 rings (SSSR count). The Hall–Kier alpha value is -0.160. The van der Waals surface area contributed by atoms with Gasteiger partial charge in [-0.2, -0.15) is 0 Å². The van der Waals surface area contributed by atoms with Gasteiger partial charge in [0.15, 0.2) is 5.79 Å². The SMILES string of the molecule is CO[C@@]12C[C@@H]3OCCC[C@H]3O[C@H]1CCCO2. The van der Waals surface area contributed by atoms with Gasteiger partial charge in [0.05, 0.1) is 18.8 Å². The molecular weight excluding hydrogens is 208 g/mol.